The van der Waals surface area contributed by atoms with Gasteiger partial charge in [-0.25, -0.2) is 4.79 Å². The maximum absolute atomic E-state index is 13.5. The zero-order valence-electron chi connectivity index (χ0n) is 22.8. The second kappa shape index (κ2) is 13.2. The number of fused-ring (bicyclic) bond motifs is 1. The molecule has 37 heavy (non-hydrogen) atoms. The van der Waals surface area contributed by atoms with E-state index in [9.17, 15) is 19.2 Å². The highest BCUT2D eigenvalue weighted by atomic mass is 16.6. The van der Waals surface area contributed by atoms with Gasteiger partial charge in [-0.05, 0) is 58.3 Å². The van der Waals surface area contributed by atoms with Crippen LogP contribution in [0.1, 0.15) is 85.0 Å². The molecule has 10 nitrogen and oxygen atoms in total. The number of nitrogens with zero attached hydrogens (tertiary/aromatic N) is 1. The number of hydrogen-bond donors (Lipinski definition) is 4. The third-order valence-electron chi connectivity index (χ3n) is 7.61. The van der Waals surface area contributed by atoms with Crippen LogP contribution < -0.4 is 21.3 Å². The van der Waals surface area contributed by atoms with Gasteiger partial charge in [0.25, 0.3) is 0 Å². The van der Waals surface area contributed by atoms with Crippen molar-refractivity contribution in [2.75, 3.05) is 13.6 Å². The van der Waals surface area contributed by atoms with E-state index >= 15 is 0 Å². The summed E-state index contributed by atoms with van der Waals surface area (Å²) in [5, 5.41) is 11.7. The fraction of sp³-hybridized carbons (Fsp3) is 0.815. The largest absolute Gasteiger partial charge is 0.444 e. The van der Waals surface area contributed by atoms with Crippen LogP contribution in [-0.4, -0.2) is 67.3 Å². The fourth-order valence-corrected chi connectivity index (χ4v) is 5.77. The van der Waals surface area contributed by atoms with Crippen molar-refractivity contribution in [2.24, 2.45) is 22.7 Å². The summed E-state index contributed by atoms with van der Waals surface area (Å²) in [6.07, 6.45) is 9.11. The highest BCUT2D eigenvalue weighted by molar-refractivity contribution is 5.92. The zero-order valence-corrected chi connectivity index (χ0v) is 22.8. The highest BCUT2D eigenvalue weighted by Crippen LogP contribution is 2.30. The molecule has 0 aromatic heterocycles. The van der Waals surface area contributed by atoms with Crippen LogP contribution >= 0.6 is 0 Å². The molecule has 2 heterocycles. The Kier molecular flexibility index (Phi) is 10.3. The van der Waals surface area contributed by atoms with Gasteiger partial charge >= 0.3 is 6.09 Å². The smallest absolute Gasteiger partial charge is 0.408 e. The van der Waals surface area contributed by atoms with E-state index in [1.165, 1.54) is 0 Å². The Bertz CT molecular complexity index is 849. The maximum Gasteiger partial charge on any atom is 0.408 e. The molecule has 1 aliphatic carbocycles. The van der Waals surface area contributed by atoms with Crippen LogP contribution in [0.4, 0.5) is 4.79 Å². The zero-order chi connectivity index (χ0) is 27.0. The van der Waals surface area contributed by atoms with E-state index in [1.807, 2.05) is 0 Å². The summed E-state index contributed by atoms with van der Waals surface area (Å²) in [6.45, 7) is 5.92. The average molecular weight is 520 g/mol. The number of hydrogen-bond acceptors (Lipinski definition) is 6. The first-order chi connectivity index (χ1) is 17.6. The quantitative estimate of drug-likeness (QED) is 0.423. The van der Waals surface area contributed by atoms with Gasteiger partial charge in [-0.1, -0.05) is 38.5 Å². The molecule has 2 aliphatic heterocycles. The lowest BCUT2D eigenvalue weighted by molar-refractivity contribution is -0.131. The minimum Gasteiger partial charge on any atom is -0.444 e. The number of nitrogens with one attached hydrogen (secondary N) is 4. The van der Waals surface area contributed by atoms with Gasteiger partial charge in [0.05, 0.1) is 6.04 Å². The van der Waals surface area contributed by atoms with Crippen LogP contribution in [0, 0.1) is 17.8 Å². The Morgan fingerprint density at radius 1 is 1.00 bits per heavy atom. The first kappa shape index (κ1) is 28.9. The number of alkyl carbamates (subject to hydrolysis) is 1. The predicted octanol–water partition coefficient (Wildman–Crippen LogP) is 2.46. The van der Waals surface area contributed by atoms with Gasteiger partial charge in [0.1, 0.15) is 17.7 Å². The average Bonchev–Trinajstić information content (AvgIpc) is 3.44. The number of aliphatic imine (C=N–C) groups is 1. The third-order valence-corrected chi connectivity index (χ3v) is 7.61. The molecule has 3 rings (SSSR count). The second-order valence-electron chi connectivity index (χ2n) is 11.8. The Hall–Kier alpha value is -2.65. The summed E-state index contributed by atoms with van der Waals surface area (Å²) in [6, 6.07) is -1.96. The molecule has 0 aromatic carbocycles. The van der Waals surface area contributed by atoms with E-state index in [4.69, 9.17) is 4.74 Å². The van der Waals surface area contributed by atoms with Crippen LogP contribution in [0.3, 0.4) is 0 Å². The molecule has 0 unspecified atom stereocenters. The lowest BCUT2D eigenvalue weighted by Crippen LogP contribution is -2.56. The van der Waals surface area contributed by atoms with Crippen LogP contribution in [0.2, 0.25) is 0 Å². The van der Waals surface area contributed by atoms with Crippen molar-refractivity contribution in [2.45, 2.75) is 109 Å². The van der Waals surface area contributed by atoms with Crippen LogP contribution in [-0.2, 0) is 19.1 Å². The van der Waals surface area contributed by atoms with Gasteiger partial charge in [-0.15, -0.1) is 0 Å². The fourth-order valence-electron chi connectivity index (χ4n) is 5.77. The summed E-state index contributed by atoms with van der Waals surface area (Å²) in [4.78, 5) is 56.2. The molecular weight excluding hydrogens is 474 g/mol. The van der Waals surface area contributed by atoms with Gasteiger partial charge in [-0.2, -0.15) is 0 Å². The summed E-state index contributed by atoms with van der Waals surface area (Å²) in [7, 11) is 1.65. The molecule has 2 saturated heterocycles. The highest BCUT2D eigenvalue weighted by Gasteiger charge is 2.37. The molecule has 0 radical (unpaired) electrons. The molecule has 4 N–H and O–H groups in total. The monoisotopic (exact) mass is 519 g/mol. The van der Waals surface area contributed by atoms with Crippen molar-refractivity contribution < 1.29 is 23.9 Å². The Labute approximate surface area is 220 Å². The summed E-state index contributed by atoms with van der Waals surface area (Å²) >= 11 is 0. The molecular formula is C27H45N5O5. The number of ether oxygens (including phenoxy) is 1. The van der Waals surface area contributed by atoms with Crippen LogP contribution in [0.5, 0.6) is 0 Å². The van der Waals surface area contributed by atoms with Crippen molar-refractivity contribution in [1.82, 2.24) is 21.3 Å². The molecule has 1 saturated carbocycles. The van der Waals surface area contributed by atoms with E-state index < -0.39 is 29.8 Å². The van der Waals surface area contributed by atoms with Gasteiger partial charge in [0.2, 0.25) is 17.7 Å². The van der Waals surface area contributed by atoms with Crippen molar-refractivity contribution in [1.29, 1.82) is 0 Å². The van der Waals surface area contributed by atoms with Crippen molar-refractivity contribution in [3.05, 3.63) is 0 Å². The molecule has 3 aliphatic rings. The normalized spacial score (nSPS) is 30.7. The van der Waals surface area contributed by atoms with Gasteiger partial charge in [0, 0.05) is 25.7 Å². The molecule has 0 aromatic rings. The van der Waals surface area contributed by atoms with Crippen molar-refractivity contribution >= 4 is 30.0 Å². The molecule has 3 fully saturated rings. The number of amides is 4. The molecule has 4 amide bonds. The standard InChI is InChI=1S/C27H45N5O5/c1-27(2,3)37-26(36)32-21-12-8-7-11-18-15-29-23(33)20(18)14-19(16-28-4)30-25(35)22(31-24(21)34)13-17-9-5-6-10-17/h16-22H,5-15H2,1-4H3,(H,29,33)(H,30,35)(H,31,34)(H,32,36)/t18-,19-,20-,21-,22-/m0/s1. The Morgan fingerprint density at radius 3 is 2.35 bits per heavy atom. The Morgan fingerprint density at radius 2 is 1.68 bits per heavy atom. The summed E-state index contributed by atoms with van der Waals surface area (Å²) in [5.74, 6) is -0.340. The summed E-state index contributed by atoms with van der Waals surface area (Å²) < 4.78 is 5.39. The topological polar surface area (TPSA) is 138 Å². The SMILES string of the molecule is CN=C[C@@H]1C[C@@H]2C(=O)NC[C@@H]2CCCC[C@H](NC(=O)OC(C)(C)C)C(=O)N[C@@H](CC2CCCC2)C(=O)N1. The molecule has 10 heteroatoms. The van der Waals surface area contributed by atoms with E-state index in [0.29, 0.717) is 38.1 Å². The van der Waals surface area contributed by atoms with E-state index in [-0.39, 0.29) is 29.6 Å². The van der Waals surface area contributed by atoms with Crippen LogP contribution in [0.15, 0.2) is 4.99 Å². The molecule has 0 bridgehead atoms. The summed E-state index contributed by atoms with van der Waals surface area (Å²) in [5.41, 5.74) is -0.695. The van der Waals surface area contributed by atoms with E-state index in [1.54, 1.807) is 34.0 Å². The van der Waals surface area contributed by atoms with Crippen molar-refractivity contribution in [3.8, 4) is 0 Å². The van der Waals surface area contributed by atoms with E-state index in [2.05, 4.69) is 26.3 Å². The van der Waals surface area contributed by atoms with Crippen LogP contribution in [0.25, 0.3) is 0 Å². The lowest BCUT2D eigenvalue weighted by Gasteiger charge is -2.28. The predicted molar refractivity (Wildman–Crippen MR) is 141 cm³/mol. The van der Waals surface area contributed by atoms with Gasteiger partial charge in [0.15, 0.2) is 0 Å². The minimum atomic E-state index is -0.816. The third kappa shape index (κ3) is 9.00. The number of rotatable bonds is 4. The van der Waals surface area contributed by atoms with Crippen molar-refractivity contribution in [3.63, 3.8) is 0 Å². The molecule has 208 valence electrons. The lowest BCUT2D eigenvalue weighted by atomic mass is 9.85. The van der Waals surface area contributed by atoms with E-state index in [0.717, 1.165) is 38.5 Å². The second-order valence-corrected chi connectivity index (χ2v) is 11.8. The first-order valence-electron chi connectivity index (χ1n) is 13.9. The minimum absolute atomic E-state index is 0.0149. The molecule has 0 spiro atoms. The van der Waals surface area contributed by atoms with Gasteiger partial charge in [-0.3, -0.25) is 19.4 Å². The number of carbonyl (C=O) groups excluding carboxylic acids is 4. The Balaban J connectivity index is 1.83. The van der Waals surface area contributed by atoms with Gasteiger partial charge < -0.3 is 26.0 Å². The molecule has 5 atom stereocenters. The first-order valence-corrected chi connectivity index (χ1v) is 13.9. The number of carbonyl (C=O) groups is 4. The maximum atomic E-state index is 13.5.